The smallest absolute Gasteiger partial charge is 0.320 e. The van der Waals surface area contributed by atoms with E-state index in [0.717, 1.165) is 19.4 Å². The van der Waals surface area contributed by atoms with Crippen LogP contribution in [0.1, 0.15) is 12.8 Å². The Bertz CT molecular complexity index is 1360. The lowest BCUT2D eigenvalue weighted by atomic mass is 10.1. The summed E-state index contributed by atoms with van der Waals surface area (Å²) in [4.78, 5) is 32.2. The van der Waals surface area contributed by atoms with E-state index in [1.165, 1.54) is 19.3 Å². The number of hydrogen-bond donors (Lipinski definition) is 0. The molecule has 0 spiro atoms. The van der Waals surface area contributed by atoms with Crippen molar-refractivity contribution >= 4 is 34.4 Å². The van der Waals surface area contributed by atoms with Crippen LogP contribution in [-0.2, 0) is 4.79 Å². The van der Waals surface area contributed by atoms with Gasteiger partial charge < -0.3 is 24.2 Å². The molecule has 3 aromatic rings. The summed E-state index contributed by atoms with van der Waals surface area (Å²) >= 11 is 6.68. The second-order valence-corrected chi connectivity index (χ2v) is 9.85. The van der Waals surface area contributed by atoms with Gasteiger partial charge in [-0.15, -0.1) is 0 Å². The highest BCUT2D eigenvalue weighted by Crippen LogP contribution is 2.38. The highest BCUT2D eigenvalue weighted by atomic mass is 35.5. The zero-order chi connectivity index (χ0) is 26.8. The minimum atomic E-state index is -0.504. The van der Waals surface area contributed by atoms with Crippen LogP contribution in [0, 0.1) is 5.82 Å². The summed E-state index contributed by atoms with van der Waals surface area (Å²) in [7, 11) is 3.55. The van der Waals surface area contributed by atoms with Crippen molar-refractivity contribution in [3.05, 3.63) is 47.8 Å². The van der Waals surface area contributed by atoms with Crippen molar-refractivity contribution in [3.8, 4) is 23.0 Å². The maximum Gasteiger partial charge on any atom is 0.320 e. The number of likely N-dealkylation sites (N-methyl/N-ethyl adjacent to an activating group) is 1. The van der Waals surface area contributed by atoms with Crippen molar-refractivity contribution in [2.75, 3.05) is 58.4 Å². The van der Waals surface area contributed by atoms with Gasteiger partial charge in [0.1, 0.15) is 24.0 Å². The largest absolute Gasteiger partial charge is 0.496 e. The first-order valence-electron chi connectivity index (χ1n) is 12.6. The first-order chi connectivity index (χ1) is 18.4. The number of benzene rings is 1. The van der Waals surface area contributed by atoms with Gasteiger partial charge >= 0.3 is 6.01 Å². The molecule has 0 unspecified atom stereocenters. The van der Waals surface area contributed by atoms with Crippen molar-refractivity contribution in [2.24, 2.45) is 0 Å². The average molecular weight is 541 g/mol. The number of carbonyl (C=O) groups excluding carboxylic acids is 1. The van der Waals surface area contributed by atoms with Crippen molar-refractivity contribution in [1.82, 2.24) is 24.8 Å². The van der Waals surface area contributed by atoms with Gasteiger partial charge in [-0.1, -0.05) is 24.2 Å². The van der Waals surface area contributed by atoms with Crippen LogP contribution in [0.15, 0.2) is 36.9 Å². The molecule has 9 nitrogen and oxygen atoms in total. The maximum atomic E-state index is 14.9. The zero-order valence-electron chi connectivity index (χ0n) is 21.5. The number of halogens is 2. The van der Waals surface area contributed by atoms with Gasteiger partial charge in [-0.2, -0.15) is 9.97 Å². The van der Waals surface area contributed by atoms with Gasteiger partial charge in [0, 0.05) is 32.2 Å². The molecule has 1 amide bonds. The van der Waals surface area contributed by atoms with Crippen LogP contribution in [-0.4, -0.2) is 90.2 Å². The number of piperazine rings is 1. The highest BCUT2D eigenvalue weighted by Gasteiger charge is 2.26. The van der Waals surface area contributed by atoms with Crippen molar-refractivity contribution in [1.29, 1.82) is 0 Å². The van der Waals surface area contributed by atoms with Gasteiger partial charge in [-0.25, -0.2) is 9.37 Å². The first kappa shape index (κ1) is 26.1. The molecule has 0 bridgehead atoms. The summed E-state index contributed by atoms with van der Waals surface area (Å²) in [5.74, 6) is 0.319. The van der Waals surface area contributed by atoms with E-state index in [-0.39, 0.29) is 34.2 Å². The number of carbonyl (C=O) groups is 1. The fourth-order valence-corrected chi connectivity index (χ4v) is 5.25. The van der Waals surface area contributed by atoms with Crippen LogP contribution in [0.4, 0.5) is 10.2 Å². The monoisotopic (exact) mass is 540 g/mol. The fourth-order valence-electron chi connectivity index (χ4n) is 5.01. The third kappa shape index (κ3) is 5.10. The van der Waals surface area contributed by atoms with Gasteiger partial charge in [0.2, 0.25) is 5.91 Å². The molecule has 0 saturated carbocycles. The molecule has 0 radical (unpaired) electrons. The van der Waals surface area contributed by atoms with Gasteiger partial charge in [0.05, 0.1) is 28.8 Å². The lowest BCUT2D eigenvalue weighted by Crippen LogP contribution is -2.48. The Morgan fingerprint density at radius 3 is 2.68 bits per heavy atom. The van der Waals surface area contributed by atoms with E-state index in [1.807, 2.05) is 0 Å². The minimum Gasteiger partial charge on any atom is -0.496 e. The molecule has 0 N–H and O–H groups in total. The van der Waals surface area contributed by atoms with E-state index < -0.39 is 5.82 Å². The number of pyridine rings is 1. The summed E-state index contributed by atoms with van der Waals surface area (Å²) < 4.78 is 26.4. The van der Waals surface area contributed by atoms with Gasteiger partial charge in [0.25, 0.3) is 0 Å². The number of fused-ring (bicyclic) bond motifs is 1. The summed E-state index contributed by atoms with van der Waals surface area (Å²) in [5.41, 5.74) is 0.717. The molecular formula is C27H30ClFN6O3. The topological polar surface area (TPSA) is 83.9 Å². The second-order valence-electron chi connectivity index (χ2n) is 9.44. The minimum absolute atomic E-state index is 0.102. The van der Waals surface area contributed by atoms with Crippen molar-refractivity contribution in [3.63, 3.8) is 0 Å². The van der Waals surface area contributed by atoms with Crippen LogP contribution in [0.2, 0.25) is 5.02 Å². The Kier molecular flexibility index (Phi) is 7.62. The summed E-state index contributed by atoms with van der Waals surface area (Å²) in [6, 6.07) is 6.73. The molecule has 4 heterocycles. The molecule has 2 saturated heterocycles. The SMILES string of the molecule is C=CC(=O)N1CCN(c2nc(OC[C@@H]3CCCN3C)nc3nc(-c4c(F)cccc4OC)c(Cl)cc23)CC1. The Morgan fingerprint density at radius 2 is 2.00 bits per heavy atom. The number of hydrogen-bond acceptors (Lipinski definition) is 8. The van der Waals surface area contributed by atoms with E-state index in [1.54, 1.807) is 23.1 Å². The normalized spacial score (nSPS) is 18.2. The third-order valence-electron chi connectivity index (χ3n) is 7.17. The van der Waals surface area contributed by atoms with Crippen LogP contribution in [0.25, 0.3) is 22.3 Å². The molecule has 0 aliphatic carbocycles. The number of ether oxygens (including phenoxy) is 2. The fraction of sp³-hybridized carbons (Fsp3) is 0.407. The second kappa shape index (κ2) is 11.1. The molecule has 1 aromatic carbocycles. The number of methoxy groups -OCH3 is 1. The first-order valence-corrected chi connectivity index (χ1v) is 13.0. The van der Waals surface area contributed by atoms with Crippen LogP contribution in [0.5, 0.6) is 11.8 Å². The number of rotatable bonds is 7. The van der Waals surface area contributed by atoms with Crippen molar-refractivity contribution in [2.45, 2.75) is 18.9 Å². The predicted octanol–water partition coefficient (Wildman–Crippen LogP) is 3.80. The molecule has 2 fully saturated rings. The van der Waals surface area contributed by atoms with E-state index in [0.29, 0.717) is 55.4 Å². The molecule has 200 valence electrons. The number of anilines is 1. The van der Waals surface area contributed by atoms with Crippen LogP contribution < -0.4 is 14.4 Å². The van der Waals surface area contributed by atoms with Crippen LogP contribution in [0.3, 0.4) is 0 Å². The molecule has 38 heavy (non-hydrogen) atoms. The molecule has 5 rings (SSSR count). The number of amides is 1. The zero-order valence-corrected chi connectivity index (χ0v) is 22.2. The Morgan fingerprint density at radius 1 is 1.21 bits per heavy atom. The Labute approximate surface area is 225 Å². The summed E-state index contributed by atoms with van der Waals surface area (Å²) in [6.45, 7) is 7.20. The summed E-state index contributed by atoms with van der Waals surface area (Å²) in [5, 5.41) is 0.857. The van der Waals surface area contributed by atoms with E-state index in [2.05, 4.69) is 33.4 Å². The van der Waals surface area contributed by atoms with E-state index in [9.17, 15) is 9.18 Å². The average Bonchev–Trinajstić information content (AvgIpc) is 3.35. The Balaban J connectivity index is 1.56. The quantitative estimate of drug-likeness (QED) is 0.418. The van der Waals surface area contributed by atoms with Gasteiger partial charge in [-0.3, -0.25) is 4.79 Å². The molecule has 2 aromatic heterocycles. The molecule has 2 aliphatic rings. The Hall–Kier alpha value is -3.50. The molecule has 1 atom stereocenters. The van der Waals surface area contributed by atoms with Crippen LogP contribution >= 0.6 is 11.6 Å². The molecule has 2 aliphatic heterocycles. The molecular weight excluding hydrogens is 511 g/mol. The predicted molar refractivity (Wildman–Crippen MR) is 144 cm³/mol. The van der Waals surface area contributed by atoms with Gasteiger partial charge in [0.15, 0.2) is 5.65 Å². The molecule has 11 heteroatoms. The van der Waals surface area contributed by atoms with Gasteiger partial charge in [-0.05, 0) is 50.7 Å². The standard InChI is InChI=1S/C27H30ClFN6O3/c1-4-22(36)34-11-13-35(14-12-34)26-18-15-19(28)24(23-20(29)8-5-9-21(23)37-3)30-25(18)31-27(32-26)38-16-17-7-6-10-33(17)2/h4-5,8-9,15,17H,1,6-7,10-14,16H2,2-3H3/t17-/m0/s1. The van der Waals surface area contributed by atoms with E-state index in [4.69, 9.17) is 26.1 Å². The number of likely N-dealkylation sites (tertiary alicyclic amines) is 1. The maximum absolute atomic E-state index is 14.9. The lowest BCUT2D eigenvalue weighted by Gasteiger charge is -2.35. The van der Waals surface area contributed by atoms with E-state index >= 15 is 0 Å². The lowest BCUT2D eigenvalue weighted by molar-refractivity contribution is -0.126. The van der Waals surface area contributed by atoms with Crippen molar-refractivity contribution < 1.29 is 18.7 Å². The number of aromatic nitrogens is 3. The highest BCUT2D eigenvalue weighted by molar-refractivity contribution is 6.34. The number of nitrogens with zero attached hydrogens (tertiary/aromatic N) is 6. The summed E-state index contributed by atoms with van der Waals surface area (Å²) in [6.07, 6.45) is 3.49. The third-order valence-corrected chi connectivity index (χ3v) is 7.46.